The quantitative estimate of drug-likeness (QED) is 0.846. The minimum Gasteiger partial charge on any atom is -0.350 e. The first kappa shape index (κ1) is 15.9. The lowest BCUT2D eigenvalue weighted by molar-refractivity contribution is 0.0938. The number of carbonyl (C=O) groups is 1. The Bertz CT molecular complexity index is 613. The van der Waals surface area contributed by atoms with Crippen molar-refractivity contribution in [2.75, 3.05) is 0 Å². The Kier molecular flexibility index (Phi) is 5.66. The summed E-state index contributed by atoms with van der Waals surface area (Å²) in [6.07, 6.45) is 1.79. The van der Waals surface area contributed by atoms with E-state index in [1.54, 1.807) is 18.2 Å². The molecule has 0 spiro atoms. The van der Waals surface area contributed by atoms with Crippen LogP contribution in [0.15, 0.2) is 48.5 Å². The van der Waals surface area contributed by atoms with Crippen LogP contribution in [0.25, 0.3) is 0 Å². The van der Waals surface area contributed by atoms with Crippen molar-refractivity contribution in [3.63, 3.8) is 0 Å². The van der Waals surface area contributed by atoms with E-state index in [0.29, 0.717) is 15.6 Å². The highest BCUT2D eigenvalue weighted by Crippen LogP contribution is 2.25. The van der Waals surface area contributed by atoms with Crippen LogP contribution in [-0.2, 0) is 6.42 Å². The summed E-state index contributed by atoms with van der Waals surface area (Å²) in [6.45, 7) is 1.99. The number of amides is 1. The standard InChI is InChI=1S/C17H17Cl2NO/c1-12(10-11-13-6-3-2-4-7-13)20-17(21)14-8-5-9-15(18)16(14)19/h2-9,12H,10-11H2,1H3,(H,20,21). The van der Waals surface area contributed by atoms with Crippen LogP contribution >= 0.6 is 23.2 Å². The third-order valence-corrected chi connectivity index (χ3v) is 4.10. The summed E-state index contributed by atoms with van der Waals surface area (Å²) in [5, 5.41) is 3.64. The fraction of sp³-hybridized carbons (Fsp3) is 0.235. The van der Waals surface area contributed by atoms with Gasteiger partial charge in [-0.15, -0.1) is 0 Å². The van der Waals surface area contributed by atoms with E-state index in [2.05, 4.69) is 17.4 Å². The van der Waals surface area contributed by atoms with Gasteiger partial charge in [0.25, 0.3) is 5.91 Å². The average molecular weight is 322 g/mol. The fourth-order valence-electron chi connectivity index (χ4n) is 2.08. The Morgan fingerprint density at radius 2 is 1.81 bits per heavy atom. The van der Waals surface area contributed by atoms with Crippen LogP contribution in [0, 0.1) is 0 Å². The highest BCUT2D eigenvalue weighted by molar-refractivity contribution is 6.43. The number of benzene rings is 2. The van der Waals surface area contributed by atoms with Gasteiger partial charge in [0.2, 0.25) is 0 Å². The first-order valence-electron chi connectivity index (χ1n) is 6.86. The molecule has 2 aromatic rings. The van der Waals surface area contributed by atoms with Gasteiger partial charge in [-0.05, 0) is 37.5 Å². The predicted octanol–water partition coefficient (Wildman–Crippen LogP) is 4.74. The van der Waals surface area contributed by atoms with Gasteiger partial charge < -0.3 is 5.32 Å². The second kappa shape index (κ2) is 7.48. The molecule has 2 nitrogen and oxygen atoms in total. The summed E-state index contributed by atoms with van der Waals surface area (Å²) in [5.74, 6) is -0.192. The van der Waals surface area contributed by atoms with E-state index in [9.17, 15) is 4.79 Å². The monoisotopic (exact) mass is 321 g/mol. The molecule has 0 saturated heterocycles. The first-order valence-corrected chi connectivity index (χ1v) is 7.62. The molecule has 21 heavy (non-hydrogen) atoms. The third-order valence-electron chi connectivity index (χ3n) is 3.28. The van der Waals surface area contributed by atoms with E-state index in [1.165, 1.54) is 5.56 Å². The van der Waals surface area contributed by atoms with Crippen LogP contribution in [0.4, 0.5) is 0 Å². The summed E-state index contributed by atoms with van der Waals surface area (Å²) in [5.41, 5.74) is 1.68. The van der Waals surface area contributed by atoms with Crippen molar-refractivity contribution in [3.05, 3.63) is 69.7 Å². The summed E-state index contributed by atoms with van der Waals surface area (Å²) in [6, 6.07) is 15.3. The van der Waals surface area contributed by atoms with Crippen LogP contribution < -0.4 is 5.32 Å². The Labute approximate surface area is 135 Å². The van der Waals surface area contributed by atoms with Crippen molar-refractivity contribution in [2.24, 2.45) is 0 Å². The first-order chi connectivity index (χ1) is 10.1. The van der Waals surface area contributed by atoms with Gasteiger partial charge in [0.05, 0.1) is 15.6 Å². The lowest BCUT2D eigenvalue weighted by atomic mass is 10.1. The van der Waals surface area contributed by atoms with Crippen molar-refractivity contribution in [3.8, 4) is 0 Å². The van der Waals surface area contributed by atoms with E-state index >= 15 is 0 Å². The molecule has 0 aromatic heterocycles. The third kappa shape index (κ3) is 4.48. The summed E-state index contributed by atoms with van der Waals surface area (Å²) in [7, 11) is 0. The number of rotatable bonds is 5. The minimum absolute atomic E-state index is 0.0627. The van der Waals surface area contributed by atoms with Crippen LogP contribution in [0.1, 0.15) is 29.3 Å². The molecule has 110 valence electrons. The molecular weight excluding hydrogens is 305 g/mol. The average Bonchev–Trinajstić information content (AvgIpc) is 2.49. The summed E-state index contributed by atoms with van der Waals surface area (Å²) in [4.78, 5) is 12.2. The number of carbonyl (C=O) groups excluding carboxylic acids is 1. The van der Waals surface area contributed by atoms with E-state index in [1.807, 2.05) is 25.1 Å². The van der Waals surface area contributed by atoms with Gasteiger partial charge in [-0.2, -0.15) is 0 Å². The molecule has 1 unspecified atom stereocenters. The number of hydrogen-bond acceptors (Lipinski definition) is 1. The molecule has 0 saturated carbocycles. The Morgan fingerprint density at radius 3 is 2.52 bits per heavy atom. The molecule has 0 aliphatic rings. The normalized spacial score (nSPS) is 12.0. The predicted molar refractivity (Wildman–Crippen MR) is 88.2 cm³/mol. The van der Waals surface area contributed by atoms with Crippen molar-refractivity contribution in [2.45, 2.75) is 25.8 Å². The molecule has 4 heteroatoms. The maximum Gasteiger partial charge on any atom is 0.253 e. The number of halogens is 2. The second-order valence-corrected chi connectivity index (χ2v) is 5.79. The molecule has 1 N–H and O–H groups in total. The Balaban J connectivity index is 1.92. The number of aryl methyl sites for hydroxylation is 1. The van der Waals surface area contributed by atoms with E-state index in [4.69, 9.17) is 23.2 Å². The smallest absolute Gasteiger partial charge is 0.253 e. The molecule has 0 heterocycles. The molecular formula is C17H17Cl2NO. The zero-order valence-electron chi connectivity index (χ0n) is 11.8. The van der Waals surface area contributed by atoms with Crippen LogP contribution in [0.3, 0.4) is 0 Å². The van der Waals surface area contributed by atoms with Crippen LogP contribution in [0.2, 0.25) is 10.0 Å². The molecule has 0 bridgehead atoms. The zero-order chi connectivity index (χ0) is 15.2. The van der Waals surface area contributed by atoms with Crippen molar-refractivity contribution >= 4 is 29.1 Å². The van der Waals surface area contributed by atoms with Gasteiger partial charge >= 0.3 is 0 Å². The van der Waals surface area contributed by atoms with E-state index in [0.717, 1.165) is 12.8 Å². The van der Waals surface area contributed by atoms with Gasteiger partial charge in [0.15, 0.2) is 0 Å². The molecule has 1 atom stereocenters. The van der Waals surface area contributed by atoms with Gasteiger partial charge in [-0.25, -0.2) is 0 Å². The molecule has 2 aromatic carbocycles. The SMILES string of the molecule is CC(CCc1ccccc1)NC(=O)c1cccc(Cl)c1Cl. The maximum atomic E-state index is 12.2. The fourth-order valence-corrected chi connectivity index (χ4v) is 2.47. The molecule has 2 rings (SSSR count). The van der Waals surface area contributed by atoms with Crippen LogP contribution in [-0.4, -0.2) is 11.9 Å². The lowest BCUT2D eigenvalue weighted by Gasteiger charge is -2.15. The summed E-state index contributed by atoms with van der Waals surface area (Å²) >= 11 is 12.0. The van der Waals surface area contributed by atoms with Gasteiger partial charge in [0, 0.05) is 6.04 Å². The van der Waals surface area contributed by atoms with E-state index < -0.39 is 0 Å². The molecule has 0 radical (unpaired) electrons. The molecule has 0 fully saturated rings. The largest absolute Gasteiger partial charge is 0.350 e. The minimum atomic E-state index is -0.192. The molecule has 0 aliphatic heterocycles. The van der Waals surface area contributed by atoms with Crippen LogP contribution in [0.5, 0.6) is 0 Å². The number of nitrogens with one attached hydrogen (secondary N) is 1. The van der Waals surface area contributed by atoms with Gasteiger partial charge in [-0.3, -0.25) is 4.79 Å². The van der Waals surface area contributed by atoms with Crippen molar-refractivity contribution in [1.29, 1.82) is 0 Å². The maximum absolute atomic E-state index is 12.2. The lowest BCUT2D eigenvalue weighted by Crippen LogP contribution is -2.33. The Hall–Kier alpha value is -1.51. The van der Waals surface area contributed by atoms with Gasteiger partial charge in [-0.1, -0.05) is 59.6 Å². The van der Waals surface area contributed by atoms with Crippen molar-refractivity contribution in [1.82, 2.24) is 5.32 Å². The van der Waals surface area contributed by atoms with E-state index in [-0.39, 0.29) is 11.9 Å². The number of hydrogen-bond donors (Lipinski definition) is 1. The second-order valence-electron chi connectivity index (χ2n) is 5.00. The highest BCUT2D eigenvalue weighted by atomic mass is 35.5. The Morgan fingerprint density at radius 1 is 1.10 bits per heavy atom. The zero-order valence-corrected chi connectivity index (χ0v) is 13.3. The van der Waals surface area contributed by atoms with Crippen molar-refractivity contribution < 1.29 is 4.79 Å². The van der Waals surface area contributed by atoms with Gasteiger partial charge in [0.1, 0.15) is 0 Å². The molecule has 0 aliphatic carbocycles. The highest BCUT2D eigenvalue weighted by Gasteiger charge is 2.14. The summed E-state index contributed by atoms with van der Waals surface area (Å²) < 4.78 is 0. The topological polar surface area (TPSA) is 29.1 Å². The molecule has 1 amide bonds.